The Labute approximate surface area is 335 Å². The van der Waals surface area contributed by atoms with Crippen LogP contribution in [0.4, 0.5) is 5.82 Å². The standard InChI is InChI=1S/C42H65N6O7P/c1-4-5-6-7-8-9-10-11-12-13-14-15-16-17-18-19-26-52-30-38(53-29-35-20-21-36(28-43)40(27-35)50-2)31-54-56(49)55-33-42(32-44,51-3)25-24-37-22-23-39-41(45)46-34-47-48(37)39/h20-23,27,34,38,49H,4-19,24-26,29-31,33H2,1-3H3,(H2,45,46,47). The van der Waals surface area contributed by atoms with Crippen LogP contribution >= 0.6 is 8.60 Å². The lowest BCUT2D eigenvalue weighted by Crippen LogP contribution is -2.35. The Morgan fingerprint density at radius 3 is 2.14 bits per heavy atom. The summed E-state index contributed by atoms with van der Waals surface area (Å²) in [5, 5.41) is 23.6. The van der Waals surface area contributed by atoms with Crippen molar-refractivity contribution in [3.05, 3.63) is 53.5 Å². The summed E-state index contributed by atoms with van der Waals surface area (Å²) in [5.41, 5.74) is 7.37. The molecule has 3 unspecified atom stereocenters. The van der Waals surface area contributed by atoms with Crippen molar-refractivity contribution in [2.24, 2.45) is 0 Å². The highest BCUT2D eigenvalue weighted by molar-refractivity contribution is 7.40. The summed E-state index contributed by atoms with van der Waals surface area (Å²) < 4.78 is 36.1. The third-order valence-electron chi connectivity index (χ3n) is 10.0. The van der Waals surface area contributed by atoms with Crippen molar-refractivity contribution in [1.82, 2.24) is 14.6 Å². The first-order chi connectivity index (χ1) is 27.4. The zero-order valence-corrected chi connectivity index (χ0v) is 34.9. The maximum Gasteiger partial charge on any atom is 0.330 e. The molecule has 0 spiro atoms. The summed E-state index contributed by atoms with van der Waals surface area (Å²) in [6.07, 6.45) is 22.5. The molecule has 2 aromatic heterocycles. The van der Waals surface area contributed by atoms with Crippen LogP contribution in [0.25, 0.3) is 5.52 Å². The summed E-state index contributed by atoms with van der Waals surface area (Å²) in [4.78, 5) is 14.7. The first-order valence-electron chi connectivity index (χ1n) is 20.4. The number of nitrogens with zero attached hydrogens (tertiary/aromatic N) is 5. The van der Waals surface area contributed by atoms with Gasteiger partial charge in [-0.1, -0.05) is 109 Å². The third-order valence-corrected chi connectivity index (χ3v) is 10.8. The fourth-order valence-corrected chi connectivity index (χ4v) is 7.17. The quantitative estimate of drug-likeness (QED) is 0.0442. The summed E-state index contributed by atoms with van der Waals surface area (Å²) >= 11 is 0. The molecule has 3 atom stereocenters. The van der Waals surface area contributed by atoms with Crippen LogP contribution in [-0.4, -0.2) is 71.8 Å². The first-order valence-corrected chi connectivity index (χ1v) is 21.6. The van der Waals surface area contributed by atoms with Gasteiger partial charge in [0.25, 0.3) is 0 Å². The molecular weight excluding hydrogens is 731 g/mol. The summed E-state index contributed by atoms with van der Waals surface area (Å²) in [7, 11) is 0.590. The van der Waals surface area contributed by atoms with E-state index in [2.05, 4.69) is 29.1 Å². The number of unbranched alkanes of at least 4 members (excludes halogenated alkanes) is 15. The minimum Gasteiger partial charge on any atom is -0.495 e. The largest absolute Gasteiger partial charge is 0.495 e. The molecule has 3 aromatic rings. The van der Waals surface area contributed by atoms with E-state index in [0.717, 1.165) is 24.1 Å². The molecule has 1 aromatic carbocycles. The average Bonchev–Trinajstić information content (AvgIpc) is 3.65. The fourth-order valence-electron chi connectivity index (χ4n) is 6.48. The normalized spacial score (nSPS) is 13.6. The van der Waals surface area contributed by atoms with Crippen LogP contribution in [-0.2, 0) is 36.3 Å². The lowest BCUT2D eigenvalue weighted by atomic mass is 9.99. The van der Waals surface area contributed by atoms with Crippen LogP contribution in [0, 0.1) is 22.7 Å². The van der Waals surface area contributed by atoms with Gasteiger partial charge < -0.3 is 38.6 Å². The number of benzene rings is 1. The van der Waals surface area contributed by atoms with Crippen LogP contribution < -0.4 is 10.5 Å². The number of nitrogens with two attached hydrogens (primary N) is 1. The second-order valence-electron chi connectivity index (χ2n) is 14.3. The molecule has 3 N–H and O–H groups in total. The van der Waals surface area contributed by atoms with Crippen molar-refractivity contribution in [2.75, 3.05) is 46.4 Å². The lowest BCUT2D eigenvalue weighted by molar-refractivity contribution is -0.0510. The molecule has 310 valence electrons. The van der Waals surface area contributed by atoms with Gasteiger partial charge in [-0.15, -0.1) is 0 Å². The molecule has 13 nitrogen and oxygen atoms in total. The first kappa shape index (κ1) is 47.0. The molecule has 0 amide bonds. The van der Waals surface area contributed by atoms with Gasteiger partial charge in [-0.3, -0.25) is 0 Å². The molecule has 0 aliphatic carbocycles. The van der Waals surface area contributed by atoms with Gasteiger partial charge in [0.1, 0.15) is 35.8 Å². The predicted octanol–water partition coefficient (Wildman–Crippen LogP) is 9.15. The van der Waals surface area contributed by atoms with E-state index in [4.69, 9.17) is 33.7 Å². The molecule has 0 radical (unpaired) electrons. The maximum atomic E-state index is 10.7. The van der Waals surface area contributed by atoms with Gasteiger partial charge in [0.15, 0.2) is 11.4 Å². The van der Waals surface area contributed by atoms with Crippen molar-refractivity contribution in [3.63, 3.8) is 0 Å². The molecule has 0 aliphatic heterocycles. The average molecular weight is 797 g/mol. The van der Waals surface area contributed by atoms with Crippen LogP contribution in [0.3, 0.4) is 0 Å². The fraction of sp³-hybridized carbons (Fsp3) is 0.667. The van der Waals surface area contributed by atoms with Gasteiger partial charge in [-0.2, -0.15) is 15.6 Å². The number of aryl methyl sites for hydroxylation is 1. The number of rotatable bonds is 33. The molecule has 2 heterocycles. The molecule has 0 fully saturated rings. The van der Waals surface area contributed by atoms with E-state index >= 15 is 0 Å². The van der Waals surface area contributed by atoms with Crippen LogP contribution in [0.5, 0.6) is 5.75 Å². The van der Waals surface area contributed by atoms with E-state index in [0.29, 0.717) is 35.7 Å². The molecule has 0 bridgehead atoms. The van der Waals surface area contributed by atoms with Crippen molar-refractivity contribution < 1.29 is 32.9 Å². The monoisotopic (exact) mass is 796 g/mol. The molecule has 0 aliphatic rings. The van der Waals surface area contributed by atoms with Gasteiger partial charge in [0, 0.05) is 19.4 Å². The van der Waals surface area contributed by atoms with Gasteiger partial charge in [0.2, 0.25) is 0 Å². The number of methoxy groups -OCH3 is 2. The van der Waals surface area contributed by atoms with Gasteiger partial charge in [-0.05, 0) is 49.1 Å². The molecule has 14 heteroatoms. The highest BCUT2D eigenvalue weighted by Crippen LogP contribution is 2.36. The summed E-state index contributed by atoms with van der Waals surface area (Å²) in [5.74, 6) is 0.829. The van der Waals surface area contributed by atoms with E-state index in [-0.39, 0.29) is 32.8 Å². The minimum absolute atomic E-state index is 0.00160. The van der Waals surface area contributed by atoms with Gasteiger partial charge in [0.05, 0.1) is 39.1 Å². The SMILES string of the molecule is CCCCCCCCCCCCCCCCCCOCC(COP(O)OCC(C#N)(CCc1ccc2c(N)ncnn12)OC)OCc1ccc(C#N)c(OC)c1. The topological polar surface area (TPSA) is 179 Å². The van der Waals surface area contributed by atoms with E-state index in [9.17, 15) is 15.4 Å². The number of fused-ring (bicyclic) bond motifs is 1. The minimum atomic E-state index is -2.36. The molecule has 0 saturated carbocycles. The second-order valence-corrected chi connectivity index (χ2v) is 15.3. The highest BCUT2D eigenvalue weighted by atomic mass is 31.2. The second kappa shape index (κ2) is 28.1. The Balaban J connectivity index is 1.38. The van der Waals surface area contributed by atoms with E-state index in [1.54, 1.807) is 16.6 Å². The van der Waals surface area contributed by atoms with E-state index in [1.165, 1.54) is 110 Å². The number of hydrogen-bond acceptors (Lipinski definition) is 12. The van der Waals surface area contributed by atoms with E-state index in [1.807, 2.05) is 18.2 Å². The Morgan fingerprint density at radius 1 is 0.875 bits per heavy atom. The number of hydrogen-bond donors (Lipinski definition) is 2. The van der Waals surface area contributed by atoms with E-state index < -0.39 is 20.3 Å². The number of anilines is 1. The smallest absolute Gasteiger partial charge is 0.330 e. The van der Waals surface area contributed by atoms with Crippen molar-refractivity contribution >= 4 is 19.9 Å². The number of nitriles is 2. The zero-order valence-electron chi connectivity index (χ0n) is 34.0. The summed E-state index contributed by atoms with van der Waals surface area (Å²) in [6, 6.07) is 13.3. The van der Waals surface area contributed by atoms with Crippen molar-refractivity contribution in [3.8, 4) is 17.9 Å². The molecular formula is C42H65N6O7P. The summed E-state index contributed by atoms with van der Waals surface area (Å²) in [6.45, 7) is 3.13. The molecule has 3 rings (SSSR count). The van der Waals surface area contributed by atoms with Crippen molar-refractivity contribution in [1.29, 1.82) is 10.5 Å². The van der Waals surface area contributed by atoms with Gasteiger partial charge >= 0.3 is 8.60 Å². The lowest BCUT2D eigenvalue weighted by Gasteiger charge is -2.26. The number of nitrogen functional groups attached to an aromatic ring is 1. The number of aromatic nitrogens is 3. The Morgan fingerprint density at radius 2 is 1.54 bits per heavy atom. The Bertz CT molecular complexity index is 1600. The zero-order chi connectivity index (χ0) is 40.3. The highest BCUT2D eigenvalue weighted by Gasteiger charge is 2.32. The Hall–Kier alpha value is -3.39. The molecule has 56 heavy (non-hydrogen) atoms. The van der Waals surface area contributed by atoms with Crippen LogP contribution in [0.1, 0.15) is 133 Å². The molecule has 0 saturated heterocycles. The number of ether oxygens (including phenoxy) is 4. The maximum absolute atomic E-state index is 10.7. The predicted molar refractivity (Wildman–Crippen MR) is 219 cm³/mol. The Kier molecular flexibility index (Phi) is 23.6. The van der Waals surface area contributed by atoms with Crippen molar-refractivity contribution in [2.45, 2.75) is 141 Å². The van der Waals surface area contributed by atoms with Gasteiger partial charge in [-0.25, -0.2) is 9.50 Å². The van der Waals surface area contributed by atoms with Crippen LogP contribution in [0.15, 0.2) is 36.7 Å². The van der Waals surface area contributed by atoms with Crippen LogP contribution in [0.2, 0.25) is 0 Å². The third kappa shape index (κ3) is 17.4.